The lowest BCUT2D eigenvalue weighted by molar-refractivity contribution is -0.149. The third-order valence-electron chi connectivity index (χ3n) is 8.21. The molecule has 0 spiro atoms. The molecular formula is C29H32ClNO5. The molecule has 1 N–H and O–H groups in total. The van der Waals surface area contributed by atoms with Gasteiger partial charge in [-0.3, -0.25) is 14.4 Å². The first-order valence-corrected chi connectivity index (χ1v) is 13.1. The summed E-state index contributed by atoms with van der Waals surface area (Å²) < 4.78 is 10.4. The molecule has 190 valence electrons. The van der Waals surface area contributed by atoms with Crippen LogP contribution in [0.25, 0.3) is 0 Å². The summed E-state index contributed by atoms with van der Waals surface area (Å²) in [6.45, 7) is 3.07. The minimum Gasteiger partial charge on any atom is -0.423 e. The molecule has 0 heterocycles. The Hall–Kier alpha value is -2.86. The topological polar surface area (TPSA) is 81.7 Å². The molecule has 1 amide bonds. The average Bonchev–Trinajstić information content (AvgIpc) is 2.79. The lowest BCUT2D eigenvalue weighted by Crippen LogP contribution is -2.59. The largest absolute Gasteiger partial charge is 0.423 e. The summed E-state index contributed by atoms with van der Waals surface area (Å²) in [6.07, 6.45) is 6.97. The second-order valence-electron chi connectivity index (χ2n) is 11.0. The molecule has 4 aliphatic rings. The Balaban J connectivity index is 1.27. The molecule has 4 atom stereocenters. The zero-order valence-electron chi connectivity index (χ0n) is 20.8. The van der Waals surface area contributed by atoms with Crippen molar-refractivity contribution in [1.82, 2.24) is 5.32 Å². The van der Waals surface area contributed by atoms with Crippen molar-refractivity contribution in [2.75, 3.05) is 6.54 Å². The van der Waals surface area contributed by atoms with E-state index >= 15 is 0 Å². The summed E-state index contributed by atoms with van der Waals surface area (Å²) >= 11 is 6.16. The third-order valence-corrected chi connectivity index (χ3v) is 8.47. The summed E-state index contributed by atoms with van der Waals surface area (Å²) in [4.78, 5) is 36.5. The summed E-state index contributed by atoms with van der Waals surface area (Å²) in [5.74, 6) is 0.756. The van der Waals surface area contributed by atoms with Gasteiger partial charge in [-0.1, -0.05) is 29.8 Å². The molecule has 6 rings (SSSR count). The molecular weight excluding hydrogens is 478 g/mol. The number of hydrogen-bond donors (Lipinski definition) is 1. The lowest BCUT2D eigenvalue weighted by atomic mass is 9.42. The molecule has 6 nitrogen and oxygen atoms in total. The Morgan fingerprint density at radius 2 is 1.56 bits per heavy atom. The number of amides is 1. The highest BCUT2D eigenvalue weighted by molar-refractivity contribution is 6.30. The molecule has 0 radical (unpaired) electrons. The van der Waals surface area contributed by atoms with Gasteiger partial charge in [-0.05, 0) is 97.6 Å². The van der Waals surface area contributed by atoms with Crippen LogP contribution in [0.3, 0.4) is 0 Å². The van der Waals surface area contributed by atoms with E-state index in [0.29, 0.717) is 24.8 Å². The van der Waals surface area contributed by atoms with Crippen LogP contribution in [-0.2, 0) is 26.2 Å². The highest BCUT2D eigenvalue weighted by Crippen LogP contribution is 2.65. The van der Waals surface area contributed by atoms with Crippen LogP contribution in [0.5, 0.6) is 11.5 Å². The predicted octanol–water partition coefficient (Wildman–Crippen LogP) is 5.39. The summed E-state index contributed by atoms with van der Waals surface area (Å²) in [5, 5.41) is 3.96. The molecule has 4 fully saturated rings. The first-order chi connectivity index (χ1) is 17.2. The highest BCUT2D eigenvalue weighted by Gasteiger charge is 2.60. The molecule has 2 aromatic carbocycles. The van der Waals surface area contributed by atoms with Crippen LogP contribution in [0.2, 0.25) is 5.02 Å². The molecule has 4 aliphatic carbocycles. The van der Waals surface area contributed by atoms with Gasteiger partial charge in [0.2, 0.25) is 5.91 Å². The molecule has 0 aromatic heterocycles. The number of hydrogen-bond acceptors (Lipinski definition) is 5. The van der Waals surface area contributed by atoms with E-state index in [-0.39, 0.29) is 28.2 Å². The molecule has 0 aliphatic heterocycles. The van der Waals surface area contributed by atoms with Gasteiger partial charge in [0.15, 0.2) is 11.5 Å². The smallest absolute Gasteiger partial charge is 0.308 e. The number of carbonyl (C=O) groups excluding carboxylic acids is 3. The van der Waals surface area contributed by atoms with E-state index in [2.05, 4.69) is 17.4 Å². The molecule has 2 unspecified atom stereocenters. The molecule has 4 bridgehead atoms. The van der Waals surface area contributed by atoms with Crippen LogP contribution < -0.4 is 14.8 Å². The van der Waals surface area contributed by atoms with Crippen LogP contribution in [0.15, 0.2) is 42.5 Å². The van der Waals surface area contributed by atoms with E-state index in [1.807, 2.05) is 18.2 Å². The molecule has 4 saturated carbocycles. The fourth-order valence-electron chi connectivity index (χ4n) is 7.36. The molecule has 2 aromatic rings. The van der Waals surface area contributed by atoms with Gasteiger partial charge in [0, 0.05) is 25.4 Å². The maximum absolute atomic E-state index is 13.6. The Morgan fingerprint density at radius 1 is 0.917 bits per heavy atom. The molecule has 36 heavy (non-hydrogen) atoms. The van der Waals surface area contributed by atoms with Crippen LogP contribution in [0.1, 0.15) is 63.5 Å². The average molecular weight is 510 g/mol. The highest BCUT2D eigenvalue weighted by atomic mass is 35.5. The van der Waals surface area contributed by atoms with E-state index in [0.717, 1.165) is 42.7 Å². The second kappa shape index (κ2) is 9.55. The lowest BCUT2D eigenvalue weighted by Gasteiger charge is -2.61. The molecule has 7 heteroatoms. The maximum atomic E-state index is 13.6. The van der Waals surface area contributed by atoms with Crippen molar-refractivity contribution in [3.8, 4) is 11.5 Å². The SMILES string of the molecule is CC(=O)Oc1ccc(CCNC(=O)C23C[C@H]4C[C@@H](C2)CC(c2ccc(Cl)cc2)(C4)C3)cc1OC(C)=O. The number of benzene rings is 2. The van der Waals surface area contributed by atoms with E-state index in [1.165, 1.54) is 25.8 Å². The summed E-state index contributed by atoms with van der Waals surface area (Å²) in [5.41, 5.74) is 1.96. The van der Waals surface area contributed by atoms with Gasteiger partial charge in [0.25, 0.3) is 0 Å². The number of carbonyl (C=O) groups is 3. The third kappa shape index (κ3) is 4.88. The van der Waals surface area contributed by atoms with E-state index in [1.54, 1.807) is 12.1 Å². The van der Waals surface area contributed by atoms with Crippen molar-refractivity contribution < 1.29 is 23.9 Å². The van der Waals surface area contributed by atoms with Crippen LogP contribution >= 0.6 is 11.6 Å². The van der Waals surface area contributed by atoms with Crippen LogP contribution in [0, 0.1) is 17.3 Å². The minimum absolute atomic E-state index is 0.0670. The standard InChI is InChI=1S/C29H32ClNO5/c1-18(32)35-25-8-3-20(12-26(25)36-19(2)33)9-10-31-27(34)29-15-21-11-22(16-29)14-28(13-21,17-29)23-4-6-24(30)7-5-23/h3-8,12,21-22H,9-11,13-17H2,1-2H3,(H,31,34)/t21-,22+,28?,29?. The maximum Gasteiger partial charge on any atom is 0.308 e. The Kier molecular flexibility index (Phi) is 6.58. The van der Waals surface area contributed by atoms with Gasteiger partial charge in [0.05, 0.1) is 5.41 Å². The summed E-state index contributed by atoms with van der Waals surface area (Å²) in [6, 6.07) is 13.4. The number of halogens is 1. The predicted molar refractivity (Wildman–Crippen MR) is 136 cm³/mol. The van der Waals surface area contributed by atoms with Gasteiger partial charge in [-0.2, -0.15) is 0 Å². The van der Waals surface area contributed by atoms with Crippen molar-refractivity contribution in [2.45, 2.75) is 64.2 Å². The van der Waals surface area contributed by atoms with E-state index in [9.17, 15) is 14.4 Å². The fraction of sp³-hybridized carbons (Fsp3) is 0.483. The van der Waals surface area contributed by atoms with Gasteiger partial charge in [0.1, 0.15) is 0 Å². The molecule has 0 saturated heterocycles. The number of rotatable bonds is 7. The van der Waals surface area contributed by atoms with E-state index < -0.39 is 11.9 Å². The van der Waals surface area contributed by atoms with Crippen molar-refractivity contribution in [3.63, 3.8) is 0 Å². The van der Waals surface area contributed by atoms with Crippen molar-refractivity contribution in [1.29, 1.82) is 0 Å². The number of nitrogens with one attached hydrogen (secondary N) is 1. The second-order valence-corrected chi connectivity index (χ2v) is 11.4. The van der Waals surface area contributed by atoms with Gasteiger partial charge < -0.3 is 14.8 Å². The van der Waals surface area contributed by atoms with Crippen LogP contribution in [0.4, 0.5) is 0 Å². The minimum atomic E-state index is -0.495. The first kappa shape index (κ1) is 24.8. The Bertz CT molecular complexity index is 1180. The van der Waals surface area contributed by atoms with Crippen molar-refractivity contribution >= 4 is 29.4 Å². The van der Waals surface area contributed by atoms with E-state index in [4.69, 9.17) is 21.1 Å². The van der Waals surface area contributed by atoms with Gasteiger partial charge in [-0.25, -0.2) is 0 Å². The first-order valence-electron chi connectivity index (χ1n) is 12.7. The Morgan fingerprint density at radius 3 is 2.19 bits per heavy atom. The zero-order chi connectivity index (χ0) is 25.5. The normalized spacial score (nSPS) is 28.0. The number of esters is 2. The van der Waals surface area contributed by atoms with Gasteiger partial charge in [-0.15, -0.1) is 0 Å². The van der Waals surface area contributed by atoms with Crippen molar-refractivity contribution in [3.05, 3.63) is 58.6 Å². The van der Waals surface area contributed by atoms with Crippen molar-refractivity contribution in [2.24, 2.45) is 17.3 Å². The fourth-order valence-corrected chi connectivity index (χ4v) is 7.49. The quantitative estimate of drug-likeness (QED) is 0.400. The van der Waals surface area contributed by atoms with Gasteiger partial charge >= 0.3 is 11.9 Å². The Labute approximate surface area is 216 Å². The zero-order valence-corrected chi connectivity index (χ0v) is 21.5. The van der Waals surface area contributed by atoms with Crippen LogP contribution in [-0.4, -0.2) is 24.4 Å². The number of ether oxygens (including phenoxy) is 2. The summed E-state index contributed by atoms with van der Waals surface area (Å²) in [7, 11) is 0. The monoisotopic (exact) mass is 509 g/mol.